The quantitative estimate of drug-likeness (QED) is 0.746. The summed E-state index contributed by atoms with van der Waals surface area (Å²) in [6.07, 6.45) is 1.85. The van der Waals surface area contributed by atoms with Gasteiger partial charge in [0.1, 0.15) is 5.75 Å². The Hall–Kier alpha value is -2.38. The van der Waals surface area contributed by atoms with Gasteiger partial charge >= 0.3 is 0 Å². The number of ether oxygens (including phenoxy) is 1. The normalized spacial score (nSPS) is 16.0. The van der Waals surface area contributed by atoms with E-state index < -0.39 is 10.0 Å². The van der Waals surface area contributed by atoms with E-state index in [1.807, 2.05) is 45.0 Å². The number of hydrogen-bond donors (Lipinski definition) is 1. The van der Waals surface area contributed by atoms with Gasteiger partial charge in [-0.15, -0.1) is 0 Å². The van der Waals surface area contributed by atoms with E-state index in [4.69, 9.17) is 4.74 Å². The average molecular weight is 417 g/mol. The molecular formula is C22H28N2O4S. The highest BCUT2D eigenvalue weighted by Gasteiger charge is 2.27. The van der Waals surface area contributed by atoms with E-state index in [-0.39, 0.29) is 22.9 Å². The first-order chi connectivity index (χ1) is 13.8. The fourth-order valence-corrected chi connectivity index (χ4v) is 4.87. The maximum absolute atomic E-state index is 12.6. The number of nitrogens with zero attached hydrogens (tertiary/aromatic N) is 1. The largest absolute Gasteiger partial charge is 0.491 e. The molecule has 3 rings (SSSR count). The SMILES string of the molecule is CC(C)Oc1cccc(C(C)NC(=O)c2ccc(S(=O)(=O)N3CCCC3)cc2)c1. The molecule has 1 heterocycles. The zero-order chi connectivity index (χ0) is 21.0. The highest BCUT2D eigenvalue weighted by Crippen LogP contribution is 2.22. The summed E-state index contributed by atoms with van der Waals surface area (Å²) >= 11 is 0. The lowest BCUT2D eigenvalue weighted by atomic mass is 10.1. The second kappa shape index (κ2) is 8.97. The summed E-state index contributed by atoms with van der Waals surface area (Å²) in [7, 11) is -3.47. The molecule has 1 atom stereocenters. The third kappa shape index (κ3) is 5.16. The van der Waals surface area contributed by atoms with Crippen LogP contribution in [0.15, 0.2) is 53.4 Å². The number of benzene rings is 2. The molecule has 29 heavy (non-hydrogen) atoms. The van der Waals surface area contributed by atoms with Gasteiger partial charge in [0.25, 0.3) is 5.91 Å². The summed E-state index contributed by atoms with van der Waals surface area (Å²) in [5, 5.41) is 2.95. The van der Waals surface area contributed by atoms with Gasteiger partial charge in [-0.25, -0.2) is 8.42 Å². The van der Waals surface area contributed by atoms with Crippen LogP contribution in [0.2, 0.25) is 0 Å². The van der Waals surface area contributed by atoms with Crippen molar-refractivity contribution in [1.82, 2.24) is 9.62 Å². The van der Waals surface area contributed by atoms with Crippen molar-refractivity contribution < 1.29 is 17.9 Å². The molecule has 0 spiro atoms. The number of rotatable bonds is 7. The number of sulfonamides is 1. The van der Waals surface area contributed by atoms with Crippen LogP contribution in [0.4, 0.5) is 0 Å². The fourth-order valence-electron chi connectivity index (χ4n) is 3.35. The first-order valence-electron chi connectivity index (χ1n) is 9.95. The third-order valence-corrected chi connectivity index (χ3v) is 6.81. The van der Waals surface area contributed by atoms with Crippen molar-refractivity contribution in [3.63, 3.8) is 0 Å². The maximum Gasteiger partial charge on any atom is 0.251 e. The maximum atomic E-state index is 12.6. The van der Waals surface area contributed by atoms with Crippen molar-refractivity contribution in [3.8, 4) is 5.75 Å². The predicted octanol–water partition coefficient (Wildman–Crippen LogP) is 3.75. The zero-order valence-corrected chi connectivity index (χ0v) is 17.9. The minimum Gasteiger partial charge on any atom is -0.491 e. The molecule has 0 radical (unpaired) electrons. The number of carbonyl (C=O) groups is 1. The highest BCUT2D eigenvalue weighted by atomic mass is 32.2. The Morgan fingerprint density at radius 1 is 1.03 bits per heavy atom. The van der Waals surface area contributed by atoms with Crippen LogP contribution in [0.5, 0.6) is 5.75 Å². The Morgan fingerprint density at radius 2 is 1.69 bits per heavy atom. The molecule has 1 N–H and O–H groups in total. The van der Waals surface area contributed by atoms with Gasteiger partial charge in [-0.05, 0) is 75.6 Å². The van der Waals surface area contributed by atoms with Crippen molar-refractivity contribution in [2.45, 2.75) is 50.7 Å². The van der Waals surface area contributed by atoms with Crippen molar-refractivity contribution >= 4 is 15.9 Å². The number of nitrogens with one attached hydrogen (secondary N) is 1. The van der Waals surface area contributed by atoms with E-state index in [0.717, 1.165) is 24.2 Å². The lowest BCUT2D eigenvalue weighted by Crippen LogP contribution is -2.28. The van der Waals surface area contributed by atoms with E-state index in [1.165, 1.54) is 16.4 Å². The monoisotopic (exact) mass is 416 g/mol. The van der Waals surface area contributed by atoms with E-state index >= 15 is 0 Å². The molecule has 0 aromatic heterocycles. The fraction of sp³-hybridized carbons (Fsp3) is 0.409. The van der Waals surface area contributed by atoms with Crippen LogP contribution in [0, 0.1) is 0 Å². The molecule has 0 saturated carbocycles. The number of amides is 1. The summed E-state index contributed by atoms with van der Waals surface area (Å²) in [4.78, 5) is 12.8. The van der Waals surface area contributed by atoms with Crippen LogP contribution in [-0.4, -0.2) is 37.8 Å². The Kier molecular flexibility index (Phi) is 6.59. The molecule has 1 unspecified atom stereocenters. The molecule has 1 aliphatic heterocycles. The molecule has 2 aromatic carbocycles. The molecule has 1 amide bonds. The summed E-state index contributed by atoms with van der Waals surface area (Å²) in [5.74, 6) is 0.507. The highest BCUT2D eigenvalue weighted by molar-refractivity contribution is 7.89. The third-order valence-electron chi connectivity index (χ3n) is 4.90. The molecule has 0 bridgehead atoms. The first-order valence-corrected chi connectivity index (χ1v) is 11.4. The van der Waals surface area contributed by atoms with Gasteiger partial charge < -0.3 is 10.1 Å². The molecular weight excluding hydrogens is 388 g/mol. The minimum absolute atomic E-state index is 0.0745. The summed E-state index contributed by atoms with van der Waals surface area (Å²) in [6, 6.07) is 13.5. The number of hydrogen-bond acceptors (Lipinski definition) is 4. The minimum atomic E-state index is -3.47. The van der Waals surface area contributed by atoms with Gasteiger partial charge in [0, 0.05) is 18.7 Å². The van der Waals surface area contributed by atoms with Gasteiger partial charge in [-0.2, -0.15) is 4.31 Å². The van der Waals surface area contributed by atoms with Gasteiger partial charge in [-0.1, -0.05) is 12.1 Å². The van der Waals surface area contributed by atoms with Crippen molar-refractivity contribution in [1.29, 1.82) is 0 Å². The first kappa shape index (κ1) is 21.3. The Morgan fingerprint density at radius 3 is 2.31 bits per heavy atom. The summed E-state index contributed by atoms with van der Waals surface area (Å²) in [6.45, 7) is 6.94. The van der Waals surface area contributed by atoms with E-state index in [0.29, 0.717) is 18.7 Å². The average Bonchev–Trinajstić information content (AvgIpc) is 3.23. The molecule has 2 aromatic rings. The topological polar surface area (TPSA) is 75.7 Å². The van der Waals surface area contributed by atoms with Crippen LogP contribution in [0.1, 0.15) is 55.6 Å². The van der Waals surface area contributed by atoms with Gasteiger partial charge in [0.2, 0.25) is 10.0 Å². The molecule has 0 aliphatic carbocycles. The molecule has 1 fully saturated rings. The van der Waals surface area contributed by atoms with Gasteiger partial charge in [0.15, 0.2) is 0 Å². The van der Waals surface area contributed by atoms with Crippen molar-refractivity contribution in [2.24, 2.45) is 0 Å². The van der Waals surface area contributed by atoms with Crippen molar-refractivity contribution in [2.75, 3.05) is 13.1 Å². The second-order valence-corrected chi connectivity index (χ2v) is 9.51. The molecule has 7 heteroatoms. The molecule has 6 nitrogen and oxygen atoms in total. The lowest BCUT2D eigenvalue weighted by Gasteiger charge is -2.17. The van der Waals surface area contributed by atoms with E-state index in [2.05, 4.69) is 5.32 Å². The predicted molar refractivity (Wildman–Crippen MR) is 113 cm³/mol. The van der Waals surface area contributed by atoms with Crippen LogP contribution in [0.3, 0.4) is 0 Å². The van der Waals surface area contributed by atoms with Crippen LogP contribution >= 0.6 is 0 Å². The Bertz CT molecular complexity index is 949. The van der Waals surface area contributed by atoms with Crippen molar-refractivity contribution in [3.05, 3.63) is 59.7 Å². The number of carbonyl (C=O) groups excluding carboxylic acids is 1. The van der Waals surface area contributed by atoms with Gasteiger partial charge in [-0.3, -0.25) is 4.79 Å². The van der Waals surface area contributed by atoms with Crippen LogP contribution in [-0.2, 0) is 10.0 Å². The summed E-state index contributed by atoms with van der Waals surface area (Å²) in [5.41, 5.74) is 1.36. The van der Waals surface area contributed by atoms with Gasteiger partial charge in [0.05, 0.1) is 17.0 Å². The Balaban J connectivity index is 1.68. The smallest absolute Gasteiger partial charge is 0.251 e. The van der Waals surface area contributed by atoms with E-state index in [1.54, 1.807) is 12.1 Å². The lowest BCUT2D eigenvalue weighted by molar-refractivity contribution is 0.0939. The Labute approximate surface area is 172 Å². The standard InChI is InChI=1S/C22H28N2O4S/c1-16(2)28-20-8-6-7-19(15-20)17(3)23-22(25)18-9-11-21(12-10-18)29(26,27)24-13-4-5-14-24/h6-12,15-17H,4-5,13-14H2,1-3H3,(H,23,25). The van der Waals surface area contributed by atoms with Crippen LogP contribution in [0.25, 0.3) is 0 Å². The van der Waals surface area contributed by atoms with E-state index in [9.17, 15) is 13.2 Å². The summed E-state index contributed by atoms with van der Waals surface area (Å²) < 4.78 is 32.4. The van der Waals surface area contributed by atoms with Crippen LogP contribution < -0.4 is 10.1 Å². The molecule has 1 saturated heterocycles. The zero-order valence-electron chi connectivity index (χ0n) is 17.1. The molecule has 1 aliphatic rings. The molecule has 156 valence electrons. The second-order valence-electron chi connectivity index (χ2n) is 7.57.